The van der Waals surface area contributed by atoms with Gasteiger partial charge in [-0.05, 0) is 68.7 Å². The molecule has 2 unspecified atom stereocenters. The molecule has 3 rings (SSSR count). The van der Waals surface area contributed by atoms with Crippen LogP contribution in [0.1, 0.15) is 57.4 Å². The molecule has 4 nitrogen and oxygen atoms in total. The zero-order valence-electron chi connectivity index (χ0n) is 14.9. The third kappa shape index (κ3) is 4.50. The summed E-state index contributed by atoms with van der Waals surface area (Å²) in [5.41, 5.74) is 1.96. The van der Waals surface area contributed by atoms with Gasteiger partial charge < -0.3 is 15.4 Å². The maximum atomic E-state index is 12.4. The van der Waals surface area contributed by atoms with Crippen LogP contribution in [-0.4, -0.2) is 24.6 Å². The van der Waals surface area contributed by atoms with E-state index < -0.39 is 0 Å². The van der Waals surface area contributed by atoms with Gasteiger partial charge in [0.15, 0.2) is 0 Å². The topological polar surface area (TPSA) is 50.4 Å². The molecular formula is C20H30N2O2. The van der Waals surface area contributed by atoms with Gasteiger partial charge in [0.1, 0.15) is 5.75 Å². The first kappa shape index (κ1) is 17.3. The first-order chi connectivity index (χ1) is 11.6. The highest BCUT2D eigenvalue weighted by atomic mass is 16.5. The van der Waals surface area contributed by atoms with Gasteiger partial charge in [-0.15, -0.1) is 0 Å². The van der Waals surface area contributed by atoms with Crippen LogP contribution in [0.15, 0.2) is 18.2 Å². The number of aryl methyl sites for hydroxylation is 1. The lowest BCUT2D eigenvalue weighted by Gasteiger charge is -2.28. The van der Waals surface area contributed by atoms with E-state index in [0.29, 0.717) is 24.4 Å². The molecule has 2 bridgehead atoms. The van der Waals surface area contributed by atoms with Gasteiger partial charge in [0.05, 0.1) is 6.61 Å². The summed E-state index contributed by atoms with van der Waals surface area (Å²) in [5.74, 6) is 1.55. The highest BCUT2D eigenvalue weighted by molar-refractivity contribution is 5.91. The molecule has 2 aliphatic rings. The molecular weight excluding hydrogens is 300 g/mol. The third-order valence-electron chi connectivity index (χ3n) is 5.28. The van der Waals surface area contributed by atoms with Crippen molar-refractivity contribution >= 4 is 11.6 Å². The predicted octanol–water partition coefficient (Wildman–Crippen LogP) is 4.03. The van der Waals surface area contributed by atoms with Crippen molar-refractivity contribution < 1.29 is 9.53 Å². The molecule has 2 fully saturated rings. The van der Waals surface area contributed by atoms with Crippen molar-refractivity contribution in [2.45, 2.75) is 70.9 Å². The van der Waals surface area contributed by atoms with Crippen molar-refractivity contribution in [2.24, 2.45) is 5.92 Å². The average Bonchev–Trinajstić information content (AvgIpc) is 2.89. The molecule has 2 saturated heterocycles. The minimum absolute atomic E-state index is 0.143. The minimum Gasteiger partial charge on any atom is -0.494 e. The molecule has 2 atom stereocenters. The van der Waals surface area contributed by atoms with Crippen LogP contribution in [0.4, 0.5) is 5.69 Å². The molecule has 24 heavy (non-hydrogen) atoms. The maximum Gasteiger partial charge on any atom is 0.224 e. The molecule has 1 aromatic rings. The van der Waals surface area contributed by atoms with Crippen molar-refractivity contribution in [3.63, 3.8) is 0 Å². The molecule has 1 aromatic carbocycles. The molecule has 2 heterocycles. The number of unbranched alkanes of at least 4 members (excludes halogenated alkanes) is 1. The van der Waals surface area contributed by atoms with Crippen molar-refractivity contribution in [2.75, 3.05) is 11.9 Å². The highest BCUT2D eigenvalue weighted by Gasteiger charge is 2.34. The van der Waals surface area contributed by atoms with Gasteiger partial charge in [-0.2, -0.15) is 0 Å². The smallest absolute Gasteiger partial charge is 0.224 e. The van der Waals surface area contributed by atoms with Gasteiger partial charge in [0.25, 0.3) is 0 Å². The second kappa shape index (κ2) is 8.02. The fourth-order valence-corrected chi connectivity index (χ4v) is 4.01. The van der Waals surface area contributed by atoms with Crippen molar-refractivity contribution in [1.82, 2.24) is 5.32 Å². The summed E-state index contributed by atoms with van der Waals surface area (Å²) in [5, 5.41) is 6.72. The SMILES string of the molecule is CCCCOc1ccc(NC(=O)CC2CC3CCC(C2)N3)c(C)c1. The van der Waals surface area contributed by atoms with Gasteiger partial charge in [-0.25, -0.2) is 0 Å². The molecule has 132 valence electrons. The summed E-state index contributed by atoms with van der Waals surface area (Å²) in [6, 6.07) is 7.20. The van der Waals surface area contributed by atoms with Crippen LogP contribution in [0.5, 0.6) is 5.75 Å². The number of ether oxygens (including phenoxy) is 1. The van der Waals surface area contributed by atoms with E-state index in [9.17, 15) is 4.79 Å². The number of piperidine rings is 1. The number of fused-ring (bicyclic) bond motifs is 2. The Hall–Kier alpha value is -1.55. The Balaban J connectivity index is 1.50. The fourth-order valence-electron chi connectivity index (χ4n) is 4.01. The zero-order chi connectivity index (χ0) is 16.9. The Kier molecular flexibility index (Phi) is 5.77. The number of nitrogens with one attached hydrogen (secondary N) is 2. The van der Waals surface area contributed by atoms with Crippen molar-refractivity contribution in [3.8, 4) is 5.75 Å². The van der Waals surface area contributed by atoms with Gasteiger partial charge in [0, 0.05) is 24.2 Å². The lowest BCUT2D eigenvalue weighted by atomic mass is 9.89. The number of carbonyl (C=O) groups is 1. The number of anilines is 1. The molecule has 0 radical (unpaired) electrons. The van der Waals surface area contributed by atoms with E-state index in [1.54, 1.807) is 0 Å². The largest absolute Gasteiger partial charge is 0.494 e. The van der Waals surface area contributed by atoms with E-state index in [1.165, 1.54) is 12.8 Å². The lowest BCUT2D eigenvalue weighted by molar-refractivity contribution is -0.117. The van der Waals surface area contributed by atoms with Gasteiger partial charge in [-0.1, -0.05) is 13.3 Å². The number of benzene rings is 1. The highest BCUT2D eigenvalue weighted by Crippen LogP contribution is 2.33. The van der Waals surface area contributed by atoms with Crippen LogP contribution in [0.3, 0.4) is 0 Å². The lowest BCUT2D eigenvalue weighted by Crippen LogP contribution is -2.39. The zero-order valence-corrected chi connectivity index (χ0v) is 14.9. The molecule has 2 aliphatic heterocycles. The molecule has 0 aliphatic carbocycles. The first-order valence-electron chi connectivity index (χ1n) is 9.43. The Morgan fingerprint density at radius 2 is 2.04 bits per heavy atom. The van der Waals surface area contributed by atoms with Crippen LogP contribution in [0, 0.1) is 12.8 Å². The predicted molar refractivity (Wildman–Crippen MR) is 97.5 cm³/mol. The molecule has 0 spiro atoms. The summed E-state index contributed by atoms with van der Waals surface area (Å²) in [6.07, 6.45) is 7.69. The second-order valence-corrected chi connectivity index (χ2v) is 7.41. The normalized spacial score (nSPS) is 25.5. The van der Waals surface area contributed by atoms with Gasteiger partial charge in [-0.3, -0.25) is 4.79 Å². The molecule has 1 amide bonds. The molecule has 4 heteroatoms. The van der Waals surface area contributed by atoms with Crippen LogP contribution < -0.4 is 15.4 Å². The second-order valence-electron chi connectivity index (χ2n) is 7.41. The number of hydrogen-bond donors (Lipinski definition) is 2. The van der Waals surface area contributed by atoms with Crippen LogP contribution >= 0.6 is 0 Å². The van der Waals surface area contributed by atoms with E-state index in [4.69, 9.17) is 4.74 Å². The average molecular weight is 330 g/mol. The van der Waals surface area contributed by atoms with Crippen LogP contribution in [-0.2, 0) is 4.79 Å². The van der Waals surface area contributed by atoms with Gasteiger partial charge >= 0.3 is 0 Å². The summed E-state index contributed by atoms with van der Waals surface area (Å²) >= 11 is 0. The standard InChI is InChI=1S/C20H30N2O2/c1-3-4-9-24-18-7-8-19(14(2)10-18)22-20(23)13-15-11-16-5-6-17(12-15)21-16/h7-8,10,15-17,21H,3-6,9,11-13H2,1-2H3,(H,22,23). The van der Waals surface area contributed by atoms with E-state index >= 15 is 0 Å². The Labute approximate surface area is 145 Å². The molecule has 0 saturated carbocycles. The van der Waals surface area contributed by atoms with E-state index in [1.807, 2.05) is 25.1 Å². The quantitative estimate of drug-likeness (QED) is 0.742. The maximum absolute atomic E-state index is 12.4. The summed E-state index contributed by atoms with van der Waals surface area (Å²) in [4.78, 5) is 12.4. The monoisotopic (exact) mass is 330 g/mol. The number of carbonyl (C=O) groups excluding carboxylic acids is 1. The molecule has 0 aromatic heterocycles. The Morgan fingerprint density at radius 3 is 2.71 bits per heavy atom. The number of hydrogen-bond acceptors (Lipinski definition) is 3. The van der Waals surface area contributed by atoms with Gasteiger partial charge in [0.2, 0.25) is 5.91 Å². The summed E-state index contributed by atoms with van der Waals surface area (Å²) in [6.45, 7) is 4.92. The van der Waals surface area contributed by atoms with E-state index in [2.05, 4.69) is 17.6 Å². The van der Waals surface area contributed by atoms with Crippen LogP contribution in [0.2, 0.25) is 0 Å². The van der Waals surface area contributed by atoms with Crippen LogP contribution in [0.25, 0.3) is 0 Å². The third-order valence-corrected chi connectivity index (χ3v) is 5.28. The summed E-state index contributed by atoms with van der Waals surface area (Å²) in [7, 11) is 0. The molecule has 2 N–H and O–H groups in total. The minimum atomic E-state index is 0.143. The van der Waals surface area contributed by atoms with E-state index in [0.717, 1.165) is 49.3 Å². The Bertz CT molecular complexity index is 561. The van der Waals surface area contributed by atoms with Crippen molar-refractivity contribution in [1.29, 1.82) is 0 Å². The first-order valence-corrected chi connectivity index (χ1v) is 9.43. The number of amides is 1. The summed E-state index contributed by atoms with van der Waals surface area (Å²) < 4.78 is 5.72. The van der Waals surface area contributed by atoms with Crippen molar-refractivity contribution in [3.05, 3.63) is 23.8 Å². The fraction of sp³-hybridized carbons (Fsp3) is 0.650. The Morgan fingerprint density at radius 1 is 1.29 bits per heavy atom. The van der Waals surface area contributed by atoms with E-state index in [-0.39, 0.29) is 5.91 Å². The number of rotatable bonds is 7.